The van der Waals surface area contributed by atoms with Gasteiger partial charge in [0.15, 0.2) is 0 Å². The number of urea groups is 1. The van der Waals surface area contributed by atoms with E-state index in [1.165, 1.54) is 23.5 Å². The smallest absolute Gasteiger partial charge is 0.318 e. The molecular weight excluding hydrogens is 457 g/mol. The summed E-state index contributed by atoms with van der Waals surface area (Å²) in [6, 6.07) is 16.0. The van der Waals surface area contributed by atoms with Crippen LogP contribution in [0.1, 0.15) is 33.4 Å². The normalized spacial score (nSPS) is 17.9. The number of hydrogen-bond donors (Lipinski definition) is 2. The van der Waals surface area contributed by atoms with Crippen molar-refractivity contribution in [3.63, 3.8) is 0 Å². The Hall–Kier alpha value is -4.05. The van der Waals surface area contributed by atoms with Crippen molar-refractivity contribution in [3.05, 3.63) is 88.2 Å². The summed E-state index contributed by atoms with van der Waals surface area (Å²) in [5.74, 6) is -1.46. The number of imide groups is 1. The molecule has 1 aliphatic rings. The number of fused-ring (bicyclic) bond motifs is 1. The number of benzene rings is 2. The predicted molar refractivity (Wildman–Crippen MR) is 124 cm³/mol. The van der Waals surface area contributed by atoms with Gasteiger partial charge in [0.1, 0.15) is 16.2 Å². The topological polar surface area (TPSA) is 96.3 Å². The van der Waals surface area contributed by atoms with Gasteiger partial charge in [-0.1, -0.05) is 42.5 Å². The lowest BCUT2D eigenvalue weighted by Crippen LogP contribution is -2.47. The van der Waals surface area contributed by atoms with Crippen LogP contribution >= 0.6 is 11.3 Å². The predicted octanol–water partition coefficient (Wildman–Crippen LogP) is 3.71. The molecular formula is C24H20FN5O3S. The summed E-state index contributed by atoms with van der Waals surface area (Å²) in [4.78, 5) is 39.7. The first-order valence-corrected chi connectivity index (χ1v) is 11.3. The Labute approximate surface area is 198 Å². The van der Waals surface area contributed by atoms with Crippen LogP contribution in [0.3, 0.4) is 0 Å². The van der Waals surface area contributed by atoms with Gasteiger partial charge in [0.2, 0.25) is 0 Å². The van der Waals surface area contributed by atoms with Crippen molar-refractivity contribution >= 4 is 39.4 Å². The fourth-order valence-electron chi connectivity index (χ4n) is 3.96. The van der Waals surface area contributed by atoms with Gasteiger partial charge in [-0.05, 0) is 43.2 Å². The number of thiophene rings is 1. The van der Waals surface area contributed by atoms with E-state index in [-0.39, 0.29) is 5.82 Å². The SMILES string of the molecule is Cc1nn(Cc2ccc(F)cc2)c2sc(C(=O)NN3C(=O)NC(C)(c4ccccc4)C3=O)cc12. The van der Waals surface area contributed by atoms with E-state index in [4.69, 9.17) is 0 Å². The molecule has 2 aromatic carbocycles. The molecule has 1 unspecified atom stereocenters. The number of nitrogens with zero attached hydrogens (tertiary/aromatic N) is 3. The second-order valence-corrected chi connectivity index (χ2v) is 9.23. The Balaban J connectivity index is 1.38. The largest absolute Gasteiger partial charge is 0.344 e. The molecule has 2 N–H and O–H groups in total. The molecule has 0 spiro atoms. The number of hydrogen-bond acceptors (Lipinski definition) is 5. The van der Waals surface area contributed by atoms with Gasteiger partial charge >= 0.3 is 6.03 Å². The summed E-state index contributed by atoms with van der Waals surface area (Å²) in [5, 5.41) is 8.70. The molecule has 172 valence electrons. The Kier molecular flexibility index (Phi) is 5.17. The van der Waals surface area contributed by atoms with Gasteiger partial charge in [-0.2, -0.15) is 10.1 Å². The van der Waals surface area contributed by atoms with Crippen LogP contribution in [0, 0.1) is 12.7 Å². The zero-order valence-electron chi connectivity index (χ0n) is 18.3. The van der Waals surface area contributed by atoms with Crippen LogP contribution in [-0.4, -0.2) is 32.6 Å². The average Bonchev–Trinajstić information content (AvgIpc) is 3.45. The summed E-state index contributed by atoms with van der Waals surface area (Å²) < 4.78 is 15.0. The standard InChI is InChI=1S/C24H20FN5O3S/c1-14-18-12-19(34-21(18)29(27-14)13-15-8-10-17(25)11-9-15)20(31)28-30-22(32)24(2,26-23(30)33)16-6-4-3-5-7-16/h3-12H,13H2,1-2H3,(H,26,33)(H,28,31). The number of rotatable bonds is 5. The zero-order valence-corrected chi connectivity index (χ0v) is 19.1. The van der Waals surface area contributed by atoms with E-state index in [0.717, 1.165) is 26.5 Å². The van der Waals surface area contributed by atoms with Gasteiger partial charge in [0.05, 0.1) is 17.1 Å². The minimum Gasteiger partial charge on any atom is -0.318 e. The van der Waals surface area contributed by atoms with E-state index >= 15 is 0 Å². The van der Waals surface area contributed by atoms with Gasteiger partial charge in [-0.3, -0.25) is 19.7 Å². The number of halogens is 1. The highest BCUT2D eigenvalue weighted by Crippen LogP contribution is 2.30. The van der Waals surface area contributed by atoms with E-state index in [0.29, 0.717) is 17.0 Å². The number of amides is 4. The van der Waals surface area contributed by atoms with Crippen molar-refractivity contribution < 1.29 is 18.8 Å². The average molecular weight is 478 g/mol. The van der Waals surface area contributed by atoms with Crippen molar-refractivity contribution in [2.75, 3.05) is 0 Å². The van der Waals surface area contributed by atoms with Crippen molar-refractivity contribution in [1.82, 2.24) is 25.5 Å². The monoisotopic (exact) mass is 477 g/mol. The molecule has 34 heavy (non-hydrogen) atoms. The van der Waals surface area contributed by atoms with Crippen LogP contribution in [0.4, 0.5) is 9.18 Å². The van der Waals surface area contributed by atoms with E-state index in [2.05, 4.69) is 15.8 Å². The first-order valence-electron chi connectivity index (χ1n) is 10.5. The number of carbonyl (C=O) groups is 3. The molecule has 1 aliphatic heterocycles. The number of aryl methyl sites for hydroxylation is 1. The van der Waals surface area contributed by atoms with Gasteiger partial charge < -0.3 is 5.32 Å². The lowest BCUT2D eigenvalue weighted by molar-refractivity contribution is -0.132. The van der Waals surface area contributed by atoms with E-state index < -0.39 is 23.4 Å². The van der Waals surface area contributed by atoms with Gasteiger partial charge in [0.25, 0.3) is 11.8 Å². The Morgan fingerprint density at radius 1 is 1.15 bits per heavy atom. The van der Waals surface area contributed by atoms with Gasteiger partial charge in [-0.25, -0.2) is 9.18 Å². The molecule has 1 atom stereocenters. The third kappa shape index (κ3) is 3.61. The lowest BCUT2D eigenvalue weighted by atomic mass is 9.92. The van der Waals surface area contributed by atoms with Crippen molar-refractivity contribution in [2.45, 2.75) is 25.9 Å². The quantitative estimate of drug-likeness (QED) is 0.429. The van der Waals surface area contributed by atoms with Gasteiger partial charge in [0, 0.05) is 5.39 Å². The van der Waals surface area contributed by atoms with E-state index in [1.807, 2.05) is 13.0 Å². The third-order valence-corrected chi connectivity index (χ3v) is 6.98. The zero-order chi connectivity index (χ0) is 24.0. The fraction of sp³-hybridized carbons (Fsp3) is 0.167. The number of aromatic nitrogens is 2. The van der Waals surface area contributed by atoms with E-state index in [9.17, 15) is 18.8 Å². The summed E-state index contributed by atoms with van der Waals surface area (Å²) >= 11 is 1.20. The summed E-state index contributed by atoms with van der Waals surface area (Å²) in [6.07, 6.45) is 0. The maximum absolute atomic E-state index is 13.2. The lowest BCUT2D eigenvalue weighted by Gasteiger charge is -2.21. The van der Waals surface area contributed by atoms with E-state index in [1.54, 1.807) is 54.1 Å². The molecule has 4 aromatic rings. The van der Waals surface area contributed by atoms with Crippen molar-refractivity contribution in [3.8, 4) is 0 Å². The molecule has 2 aromatic heterocycles. The molecule has 1 fully saturated rings. The van der Waals surface area contributed by atoms with Crippen molar-refractivity contribution in [2.24, 2.45) is 0 Å². The highest BCUT2D eigenvalue weighted by atomic mass is 32.1. The Morgan fingerprint density at radius 3 is 2.56 bits per heavy atom. The molecule has 8 nitrogen and oxygen atoms in total. The van der Waals surface area contributed by atoms with Crippen LogP contribution in [0.2, 0.25) is 0 Å². The number of nitrogens with one attached hydrogen (secondary N) is 2. The second kappa shape index (κ2) is 8.07. The maximum atomic E-state index is 13.2. The molecule has 0 bridgehead atoms. The fourth-order valence-corrected chi connectivity index (χ4v) is 5.01. The highest BCUT2D eigenvalue weighted by molar-refractivity contribution is 7.20. The summed E-state index contributed by atoms with van der Waals surface area (Å²) in [6.45, 7) is 3.84. The molecule has 5 rings (SSSR count). The van der Waals surface area contributed by atoms with Crippen molar-refractivity contribution in [1.29, 1.82) is 0 Å². The molecule has 0 saturated carbocycles. The number of carbonyl (C=O) groups excluding carboxylic acids is 3. The van der Waals surface area contributed by atoms with Crippen LogP contribution in [0.25, 0.3) is 10.2 Å². The maximum Gasteiger partial charge on any atom is 0.344 e. The second-order valence-electron chi connectivity index (χ2n) is 8.20. The minimum absolute atomic E-state index is 0.315. The first kappa shape index (κ1) is 21.8. The Morgan fingerprint density at radius 2 is 1.85 bits per heavy atom. The van der Waals surface area contributed by atoms with Crippen LogP contribution < -0.4 is 10.7 Å². The Bertz CT molecular complexity index is 1430. The van der Waals surface area contributed by atoms with Crippen LogP contribution in [-0.2, 0) is 16.9 Å². The van der Waals surface area contributed by atoms with Gasteiger partial charge in [-0.15, -0.1) is 11.3 Å². The molecule has 0 aliphatic carbocycles. The molecule has 10 heteroatoms. The summed E-state index contributed by atoms with van der Waals surface area (Å²) in [5.41, 5.74) is 3.37. The molecule has 4 amide bonds. The minimum atomic E-state index is -1.28. The van der Waals surface area contributed by atoms with Crippen LogP contribution in [0.5, 0.6) is 0 Å². The number of hydrazine groups is 1. The third-order valence-electron chi connectivity index (χ3n) is 5.83. The molecule has 1 saturated heterocycles. The highest BCUT2D eigenvalue weighted by Gasteiger charge is 2.50. The van der Waals surface area contributed by atoms with Crippen LogP contribution in [0.15, 0.2) is 60.7 Å². The molecule has 3 heterocycles. The first-order chi connectivity index (χ1) is 16.3. The summed E-state index contributed by atoms with van der Waals surface area (Å²) in [7, 11) is 0. The molecule has 0 radical (unpaired) electrons.